The summed E-state index contributed by atoms with van der Waals surface area (Å²) in [5, 5.41) is 20.9. The van der Waals surface area contributed by atoms with E-state index in [4.69, 9.17) is 10.2 Å². The SMILES string of the molecule is CC(C)=C1CCCCNC1=C(C(=O)O)C(=O)O. The Morgan fingerprint density at radius 1 is 1.12 bits per heavy atom. The molecule has 1 heterocycles. The molecule has 0 unspecified atom stereocenters. The Kier molecular flexibility index (Phi) is 4.31. The molecule has 0 aliphatic carbocycles. The van der Waals surface area contributed by atoms with Crippen molar-refractivity contribution in [3.05, 3.63) is 22.4 Å². The van der Waals surface area contributed by atoms with Crippen LogP contribution in [0.2, 0.25) is 0 Å². The van der Waals surface area contributed by atoms with Gasteiger partial charge in [0.2, 0.25) is 0 Å². The molecule has 0 bridgehead atoms. The Morgan fingerprint density at radius 3 is 2.18 bits per heavy atom. The van der Waals surface area contributed by atoms with Crippen LogP contribution in [0.25, 0.3) is 0 Å². The second-order valence-corrected chi connectivity index (χ2v) is 4.22. The molecule has 1 saturated heterocycles. The van der Waals surface area contributed by atoms with Crippen LogP contribution in [0.1, 0.15) is 33.1 Å². The molecular weight excluding hydrogens is 222 g/mol. The number of allylic oxidation sites excluding steroid dienone is 2. The average Bonchev–Trinajstić information content (AvgIpc) is 2.42. The van der Waals surface area contributed by atoms with Gasteiger partial charge in [-0.1, -0.05) is 5.57 Å². The first kappa shape index (κ1) is 13.3. The highest BCUT2D eigenvalue weighted by Gasteiger charge is 2.25. The van der Waals surface area contributed by atoms with Gasteiger partial charge in [-0.25, -0.2) is 9.59 Å². The van der Waals surface area contributed by atoms with E-state index in [1.807, 2.05) is 13.8 Å². The highest BCUT2D eigenvalue weighted by Crippen LogP contribution is 2.25. The predicted molar refractivity (Wildman–Crippen MR) is 62.5 cm³/mol. The number of rotatable bonds is 2. The van der Waals surface area contributed by atoms with E-state index in [1.165, 1.54) is 0 Å². The van der Waals surface area contributed by atoms with Crippen molar-refractivity contribution in [3.63, 3.8) is 0 Å². The van der Waals surface area contributed by atoms with Gasteiger partial charge in [-0.15, -0.1) is 0 Å². The molecule has 0 amide bonds. The lowest BCUT2D eigenvalue weighted by Crippen LogP contribution is -2.24. The lowest BCUT2D eigenvalue weighted by molar-refractivity contribution is -0.140. The van der Waals surface area contributed by atoms with Gasteiger partial charge < -0.3 is 15.5 Å². The van der Waals surface area contributed by atoms with Crippen LogP contribution in [0.5, 0.6) is 0 Å². The fourth-order valence-corrected chi connectivity index (χ4v) is 1.92. The van der Waals surface area contributed by atoms with Gasteiger partial charge in [-0.3, -0.25) is 0 Å². The van der Waals surface area contributed by atoms with Crippen molar-refractivity contribution in [1.29, 1.82) is 0 Å². The Bertz CT molecular complexity index is 387. The minimum absolute atomic E-state index is 0.266. The molecule has 1 rings (SSSR count). The Hall–Kier alpha value is -1.78. The van der Waals surface area contributed by atoms with Gasteiger partial charge in [0.15, 0.2) is 5.57 Å². The van der Waals surface area contributed by atoms with Crippen LogP contribution >= 0.6 is 0 Å². The quantitative estimate of drug-likeness (QED) is 0.386. The summed E-state index contributed by atoms with van der Waals surface area (Å²) >= 11 is 0. The monoisotopic (exact) mass is 239 g/mol. The summed E-state index contributed by atoms with van der Waals surface area (Å²) in [5.74, 6) is -2.80. The summed E-state index contributed by atoms with van der Waals surface area (Å²) in [5.41, 5.74) is 1.46. The molecule has 1 fully saturated rings. The molecule has 0 spiro atoms. The largest absolute Gasteiger partial charge is 0.477 e. The third kappa shape index (κ3) is 3.09. The van der Waals surface area contributed by atoms with Gasteiger partial charge >= 0.3 is 11.9 Å². The molecule has 0 aromatic heterocycles. The highest BCUT2D eigenvalue weighted by atomic mass is 16.4. The molecule has 1 aliphatic rings. The van der Waals surface area contributed by atoms with E-state index in [0.717, 1.165) is 24.0 Å². The topological polar surface area (TPSA) is 86.6 Å². The van der Waals surface area contributed by atoms with Gasteiger partial charge in [-0.2, -0.15) is 0 Å². The summed E-state index contributed by atoms with van der Waals surface area (Å²) in [6.45, 7) is 4.34. The lowest BCUT2D eigenvalue weighted by Gasteiger charge is -2.14. The summed E-state index contributed by atoms with van der Waals surface area (Å²) in [6, 6.07) is 0. The van der Waals surface area contributed by atoms with Gasteiger partial charge in [0.1, 0.15) is 0 Å². The molecule has 94 valence electrons. The van der Waals surface area contributed by atoms with Crippen molar-refractivity contribution < 1.29 is 19.8 Å². The molecule has 5 nitrogen and oxygen atoms in total. The maximum Gasteiger partial charge on any atom is 0.345 e. The molecule has 0 aromatic rings. The first-order valence-electron chi connectivity index (χ1n) is 5.56. The van der Waals surface area contributed by atoms with Crippen molar-refractivity contribution in [2.24, 2.45) is 0 Å². The van der Waals surface area contributed by atoms with Crippen LogP contribution in [-0.4, -0.2) is 28.7 Å². The van der Waals surface area contributed by atoms with E-state index in [2.05, 4.69) is 5.32 Å². The summed E-state index contributed by atoms with van der Waals surface area (Å²) in [7, 11) is 0. The van der Waals surface area contributed by atoms with Crippen LogP contribution in [0, 0.1) is 0 Å². The third-order valence-corrected chi connectivity index (χ3v) is 2.74. The fraction of sp³-hybridized carbons (Fsp3) is 0.500. The molecule has 0 radical (unpaired) electrons. The fourth-order valence-electron chi connectivity index (χ4n) is 1.92. The molecule has 5 heteroatoms. The molecule has 1 aliphatic heterocycles. The Labute approximate surface area is 99.8 Å². The van der Waals surface area contributed by atoms with Crippen molar-refractivity contribution >= 4 is 11.9 Å². The first-order chi connectivity index (χ1) is 7.95. The highest BCUT2D eigenvalue weighted by molar-refractivity contribution is 6.13. The van der Waals surface area contributed by atoms with Gasteiger partial charge in [0.25, 0.3) is 0 Å². The summed E-state index contributed by atoms with van der Waals surface area (Å²) in [4.78, 5) is 22.0. The lowest BCUT2D eigenvalue weighted by atomic mass is 9.99. The zero-order valence-corrected chi connectivity index (χ0v) is 10.0. The van der Waals surface area contributed by atoms with Gasteiger partial charge in [0.05, 0.1) is 5.70 Å². The number of nitrogens with one attached hydrogen (secondary N) is 1. The van der Waals surface area contributed by atoms with Crippen LogP contribution < -0.4 is 5.32 Å². The van der Waals surface area contributed by atoms with E-state index >= 15 is 0 Å². The number of carbonyl (C=O) groups is 2. The molecule has 17 heavy (non-hydrogen) atoms. The maximum atomic E-state index is 11.0. The maximum absolute atomic E-state index is 11.0. The second kappa shape index (κ2) is 5.52. The molecule has 0 atom stereocenters. The number of carboxylic acids is 2. The van der Waals surface area contributed by atoms with Crippen molar-refractivity contribution in [3.8, 4) is 0 Å². The molecule has 0 aromatic carbocycles. The van der Waals surface area contributed by atoms with E-state index < -0.39 is 17.5 Å². The summed E-state index contributed by atoms with van der Waals surface area (Å²) < 4.78 is 0. The number of hydrogen-bond donors (Lipinski definition) is 3. The van der Waals surface area contributed by atoms with E-state index in [-0.39, 0.29) is 5.70 Å². The Morgan fingerprint density at radius 2 is 1.71 bits per heavy atom. The van der Waals surface area contributed by atoms with Crippen molar-refractivity contribution in [2.75, 3.05) is 6.54 Å². The molecular formula is C12H17NO4. The van der Waals surface area contributed by atoms with Crippen LogP contribution in [-0.2, 0) is 9.59 Å². The van der Waals surface area contributed by atoms with Crippen LogP contribution in [0.15, 0.2) is 22.4 Å². The van der Waals surface area contributed by atoms with Crippen LogP contribution in [0.3, 0.4) is 0 Å². The predicted octanol–water partition coefficient (Wildman–Crippen LogP) is 1.52. The number of carboxylic acid groups (broad SMARTS) is 2. The number of hydrogen-bond acceptors (Lipinski definition) is 3. The van der Waals surface area contributed by atoms with Crippen molar-refractivity contribution in [1.82, 2.24) is 5.32 Å². The third-order valence-electron chi connectivity index (χ3n) is 2.74. The molecule has 3 N–H and O–H groups in total. The minimum atomic E-state index is -1.40. The Balaban J connectivity index is 3.38. The zero-order valence-electron chi connectivity index (χ0n) is 10.0. The normalized spacial score (nSPS) is 15.9. The number of aliphatic carboxylic acids is 2. The summed E-state index contributed by atoms with van der Waals surface area (Å²) in [6.07, 6.45) is 2.56. The molecule has 0 saturated carbocycles. The van der Waals surface area contributed by atoms with E-state index in [0.29, 0.717) is 13.0 Å². The van der Waals surface area contributed by atoms with Gasteiger partial charge in [-0.05, 0) is 38.7 Å². The van der Waals surface area contributed by atoms with E-state index in [9.17, 15) is 9.59 Å². The van der Waals surface area contributed by atoms with Crippen molar-refractivity contribution in [2.45, 2.75) is 33.1 Å². The zero-order chi connectivity index (χ0) is 13.0. The van der Waals surface area contributed by atoms with Gasteiger partial charge in [0, 0.05) is 6.54 Å². The smallest absolute Gasteiger partial charge is 0.345 e. The van der Waals surface area contributed by atoms with E-state index in [1.54, 1.807) is 0 Å². The average molecular weight is 239 g/mol. The minimum Gasteiger partial charge on any atom is -0.477 e. The standard InChI is InChI=1S/C12H17NO4/c1-7(2)8-5-3-4-6-13-10(8)9(11(14)15)12(16)17/h13H,3-6H2,1-2H3,(H,14,15)(H,16,17). The van der Waals surface area contributed by atoms with Crippen LogP contribution in [0.4, 0.5) is 0 Å². The second-order valence-electron chi connectivity index (χ2n) is 4.22. The first-order valence-corrected chi connectivity index (χ1v) is 5.56.